The van der Waals surface area contributed by atoms with Crippen LogP contribution in [0.2, 0.25) is 0 Å². The summed E-state index contributed by atoms with van der Waals surface area (Å²) < 4.78 is 0. The molecular weight excluding hydrogens is 923 g/mol. The molecule has 1 fully saturated rings. The third kappa shape index (κ3) is 17.4. The van der Waals surface area contributed by atoms with Crippen LogP contribution in [-0.4, -0.2) is 171 Å². The number of hydrogen-bond acceptors (Lipinski definition) is 14. The molecule has 0 radical (unpaired) electrons. The number of aliphatic hydroxyl groups excluding tert-OH is 1. The number of aldehydes is 1. The van der Waals surface area contributed by atoms with Crippen LogP contribution in [0.25, 0.3) is 10.9 Å². The molecule has 2 aromatic rings. The molecule has 0 bridgehead atoms. The van der Waals surface area contributed by atoms with E-state index in [4.69, 9.17) is 17.2 Å². The summed E-state index contributed by atoms with van der Waals surface area (Å²) in [6.45, 7) is 3.24. The number of H-pyrrole nitrogens is 1. The first-order chi connectivity index (χ1) is 33.1. The molecule has 2 heterocycles. The summed E-state index contributed by atoms with van der Waals surface area (Å²) >= 11 is 0. The Labute approximate surface area is 401 Å². The molecule has 0 aliphatic carbocycles. The highest BCUT2D eigenvalue weighted by Crippen LogP contribution is 2.20. The number of nitrogens with two attached hydrogens (primary N) is 3. The van der Waals surface area contributed by atoms with Crippen molar-refractivity contribution in [1.82, 2.24) is 47.1 Å². The molecule has 1 aromatic heterocycles. The van der Waals surface area contributed by atoms with Crippen molar-refractivity contribution in [2.24, 2.45) is 22.2 Å². The first-order valence-electron chi connectivity index (χ1n) is 22.3. The summed E-state index contributed by atoms with van der Waals surface area (Å²) in [6.07, 6.45) is 0.345. The fourth-order valence-electron chi connectivity index (χ4n) is 7.25. The van der Waals surface area contributed by atoms with Gasteiger partial charge in [-0.25, -0.2) is 0 Å². The number of rotatable bonds is 28. The highest BCUT2D eigenvalue weighted by Gasteiger charge is 2.36. The van der Waals surface area contributed by atoms with Gasteiger partial charge in [0.05, 0.1) is 25.1 Å². The number of aromatic nitrogens is 1. The molecule has 70 heavy (non-hydrogen) atoms. The van der Waals surface area contributed by atoms with E-state index in [1.165, 1.54) is 25.7 Å². The van der Waals surface area contributed by atoms with Crippen molar-refractivity contribution in [2.45, 2.75) is 127 Å². The average molecular weight is 986 g/mol. The lowest BCUT2D eigenvalue weighted by atomic mass is 10.0. The summed E-state index contributed by atoms with van der Waals surface area (Å²) in [5, 5.41) is 46.5. The van der Waals surface area contributed by atoms with Crippen LogP contribution in [0, 0.1) is 0 Å². The lowest BCUT2D eigenvalue weighted by Gasteiger charge is -2.28. The predicted octanol–water partition coefficient (Wildman–Crippen LogP) is -4.93. The van der Waals surface area contributed by atoms with E-state index in [9.17, 15) is 68.1 Å². The predicted molar refractivity (Wildman–Crippen MR) is 247 cm³/mol. The molecule has 27 nitrogen and oxygen atoms in total. The van der Waals surface area contributed by atoms with Crippen molar-refractivity contribution in [3.63, 3.8) is 0 Å². The van der Waals surface area contributed by atoms with Crippen molar-refractivity contribution in [3.05, 3.63) is 36.0 Å². The highest BCUT2D eigenvalue weighted by atomic mass is 16.4. The number of likely N-dealkylation sites (tertiary alicyclic amines) is 1. The van der Waals surface area contributed by atoms with Crippen molar-refractivity contribution in [1.29, 1.82) is 0 Å². The van der Waals surface area contributed by atoms with Crippen molar-refractivity contribution in [2.75, 3.05) is 19.7 Å². The molecule has 8 amide bonds. The minimum Gasteiger partial charge on any atom is -0.481 e. The standard InChI is InChI=1S/C43H63N13O14/c1-21(44)35(63)49-22(2)36(64)55-32(20-58)41(69)51-28(11-6-14-47-43(45)46)38(66)53-30(16-24-18-48-27-10-5-4-9-26(24)27)39(67)54-31(17-34(61)62)40(68)52-29(12-13-33(59)60)37(65)50-23(3)42(70)56-15-7-8-25(56)19-57/h4-5,9-10,18-19,21-23,25,28-32,48,58H,6-8,11-17,20,44H2,1-3H3,(H,49,63)(H,50,65)(H,51,69)(H,52,68)(H,53,66)(H,54,67)(H,55,64)(H,59,60)(H,61,62)(H4,45,46,47)/t21-,22-,23-,25-,28-,29-,30-,31-,32-/m0/s1. The number of carbonyl (C=O) groups is 11. The van der Waals surface area contributed by atoms with E-state index >= 15 is 0 Å². The van der Waals surface area contributed by atoms with Gasteiger partial charge in [0.25, 0.3) is 0 Å². The lowest BCUT2D eigenvalue weighted by molar-refractivity contribution is -0.142. The maximum atomic E-state index is 14.3. The summed E-state index contributed by atoms with van der Waals surface area (Å²) in [5.74, 6) is -10.9. The number of aliphatic imine (C=N–C) groups is 1. The minimum absolute atomic E-state index is 0.0378. The number of amides is 8. The third-order valence-corrected chi connectivity index (χ3v) is 11.1. The van der Waals surface area contributed by atoms with Crippen LogP contribution < -0.4 is 54.4 Å². The van der Waals surface area contributed by atoms with Crippen LogP contribution in [-0.2, 0) is 59.2 Å². The van der Waals surface area contributed by atoms with Crippen molar-refractivity contribution < 1.29 is 68.1 Å². The first-order valence-corrected chi connectivity index (χ1v) is 22.3. The molecule has 9 atom stereocenters. The van der Waals surface area contributed by atoms with E-state index < -0.39 is 139 Å². The zero-order valence-electron chi connectivity index (χ0n) is 38.9. The molecule has 384 valence electrons. The van der Waals surface area contributed by atoms with Crippen molar-refractivity contribution in [3.8, 4) is 0 Å². The number of guanidine groups is 1. The van der Waals surface area contributed by atoms with E-state index in [2.05, 4.69) is 47.2 Å². The average Bonchev–Trinajstić information content (AvgIpc) is 3.96. The molecular formula is C43H63N13O14. The molecule has 0 spiro atoms. The summed E-state index contributed by atoms with van der Waals surface area (Å²) in [7, 11) is 0. The number of fused-ring (bicyclic) bond motifs is 1. The minimum atomic E-state index is -1.96. The maximum Gasteiger partial charge on any atom is 0.305 e. The number of aliphatic hydroxyl groups is 1. The number of carbonyl (C=O) groups excluding carboxylic acids is 9. The Morgan fingerprint density at radius 3 is 1.91 bits per heavy atom. The van der Waals surface area contributed by atoms with Crippen LogP contribution >= 0.6 is 0 Å². The number of carboxylic acids is 2. The molecule has 0 unspecified atom stereocenters. The number of aliphatic carboxylic acids is 2. The van der Waals surface area contributed by atoms with Crippen LogP contribution in [0.5, 0.6) is 0 Å². The van der Waals surface area contributed by atoms with Gasteiger partial charge in [0.2, 0.25) is 47.3 Å². The first kappa shape index (κ1) is 56.6. The molecule has 17 N–H and O–H groups in total. The van der Waals surface area contributed by atoms with Crippen molar-refractivity contribution >= 4 is 82.3 Å². The van der Waals surface area contributed by atoms with Crippen LogP contribution in [0.3, 0.4) is 0 Å². The van der Waals surface area contributed by atoms with Crippen LogP contribution in [0.4, 0.5) is 0 Å². The van der Waals surface area contributed by atoms with Crippen LogP contribution in [0.1, 0.15) is 71.3 Å². The Morgan fingerprint density at radius 1 is 0.743 bits per heavy atom. The molecule has 27 heteroatoms. The largest absolute Gasteiger partial charge is 0.481 e. The SMILES string of the molecule is C[C@H](N)C(=O)N[C@@H](C)C(=O)N[C@@H](CO)C(=O)N[C@@H](CCCN=C(N)N)C(=O)N[C@@H](Cc1c[nH]c2ccccc12)C(=O)N[C@@H](CC(=O)O)C(=O)N[C@@H](CCC(=O)O)C(=O)N[C@@H](C)C(=O)N1CCC[C@H]1C=O. The van der Waals surface area contributed by atoms with Gasteiger partial charge in [-0.3, -0.25) is 52.9 Å². The molecule has 1 aromatic carbocycles. The van der Waals surface area contributed by atoms with Gasteiger partial charge in [-0.1, -0.05) is 18.2 Å². The van der Waals surface area contributed by atoms with Gasteiger partial charge in [0.15, 0.2) is 5.96 Å². The number of para-hydroxylation sites is 1. The molecule has 0 saturated carbocycles. The number of benzene rings is 1. The number of nitrogens with one attached hydrogen (secondary N) is 8. The Bertz CT molecular complexity index is 2270. The van der Waals surface area contributed by atoms with Gasteiger partial charge in [0, 0.05) is 43.0 Å². The summed E-state index contributed by atoms with van der Waals surface area (Å²) in [4.78, 5) is 151. The Hall–Kier alpha value is -7.68. The molecule has 1 saturated heterocycles. The van der Waals surface area contributed by atoms with Gasteiger partial charge in [-0.05, 0) is 64.5 Å². The third-order valence-electron chi connectivity index (χ3n) is 11.1. The summed E-state index contributed by atoms with van der Waals surface area (Å²) in [5.41, 5.74) is 17.5. The zero-order chi connectivity index (χ0) is 52.2. The highest BCUT2D eigenvalue weighted by molar-refractivity contribution is 5.99. The van der Waals surface area contributed by atoms with Gasteiger partial charge >= 0.3 is 11.9 Å². The van der Waals surface area contributed by atoms with E-state index in [0.717, 1.165) is 0 Å². The van der Waals surface area contributed by atoms with E-state index in [1.807, 2.05) is 0 Å². The Morgan fingerprint density at radius 2 is 1.30 bits per heavy atom. The maximum absolute atomic E-state index is 14.3. The second-order valence-electron chi connectivity index (χ2n) is 16.7. The number of hydrogen-bond donors (Lipinski definition) is 14. The smallest absolute Gasteiger partial charge is 0.305 e. The Kier molecular flexibility index (Phi) is 22.1. The van der Waals surface area contributed by atoms with Crippen LogP contribution in [0.15, 0.2) is 35.5 Å². The number of nitrogens with zero attached hydrogens (tertiary/aromatic N) is 2. The van der Waals surface area contributed by atoms with E-state index in [1.54, 1.807) is 30.5 Å². The van der Waals surface area contributed by atoms with Gasteiger partial charge in [-0.2, -0.15) is 0 Å². The van der Waals surface area contributed by atoms with Gasteiger partial charge in [0.1, 0.15) is 48.6 Å². The van der Waals surface area contributed by atoms with E-state index in [0.29, 0.717) is 35.6 Å². The number of carboxylic acid groups (broad SMARTS) is 2. The normalized spacial score (nSPS) is 16.6. The summed E-state index contributed by atoms with van der Waals surface area (Å²) in [6, 6.07) is -5.74. The fraction of sp³-hybridized carbons (Fsp3) is 0.535. The number of aromatic amines is 1. The van der Waals surface area contributed by atoms with Gasteiger partial charge < -0.3 is 84.4 Å². The topological polar surface area (TPSA) is 442 Å². The van der Waals surface area contributed by atoms with E-state index in [-0.39, 0.29) is 38.3 Å². The monoisotopic (exact) mass is 985 g/mol. The molecule has 1 aliphatic heterocycles. The lowest BCUT2D eigenvalue weighted by Crippen LogP contribution is -2.61. The zero-order valence-corrected chi connectivity index (χ0v) is 38.9. The fourth-order valence-corrected chi connectivity index (χ4v) is 7.25. The molecule has 1 aliphatic rings. The Balaban J connectivity index is 1.94. The second kappa shape index (κ2) is 27.3. The quantitative estimate of drug-likeness (QED) is 0.0164. The van der Waals surface area contributed by atoms with Gasteiger partial charge in [-0.15, -0.1) is 0 Å². The second-order valence-corrected chi connectivity index (χ2v) is 16.7. The molecule has 3 rings (SSSR count).